The number of carbonyl (C=O) groups excluding carboxylic acids is 2. The Kier molecular flexibility index (Phi) is 39.2. The molecule has 12 heteroatoms. The van der Waals surface area contributed by atoms with Crippen LogP contribution in [0.15, 0.2) is 0 Å². The Labute approximate surface area is 342 Å². The van der Waals surface area contributed by atoms with Gasteiger partial charge in [-0.3, -0.25) is 23.4 Å². The van der Waals surface area contributed by atoms with Crippen LogP contribution in [0.1, 0.15) is 232 Å². The van der Waals surface area contributed by atoms with Crippen LogP contribution in [0.4, 0.5) is 0 Å². The molecule has 0 amide bonds. The maximum atomic E-state index is 12.6. The average molecular weight is 820 g/mol. The summed E-state index contributed by atoms with van der Waals surface area (Å²) in [4.78, 5) is 45.8. The second kappa shape index (κ2) is 40.3. The molecule has 1 unspecified atom stereocenters. The lowest BCUT2D eigenvalue weighted by molar-refractivity contribution is -0.161. The first-order valence-electron chi connectivity index (χ1n) is 23.1. The molecule has 0 aromatic rings. The quantitative estimate of drug-likeness (QED) is 0.0303. The highest BCUT2D eigenvalue weighted by molar-refractivity contribution is 7.47. The van der Waals surface area contributed by atoms with Crippen molar-refractivity contribution in [2.24, 2.45) is 5.73 Å². The van der Waals surface area contributed by atoms with Crippen LogP contribution >= 0.6 is 7.82 Å². The van der Waals surface area contributed by atoms with E-state index < -0.39 is 51.1 Å². The van der Waals surface area contributed by atoms with E-state index in [0.29, 0.717) is 12.8 Å². The standard InChI is InChI=1S/C44H86NO10P/c1-3-5-7-9-11-13-14-15-16-17-18-19-20-21-22-23-24-25-26-28-30-32-34-36-43(47)55-40(38-53-56(50,51)54-39-41(45)44(48)49)37-52-42(46)35-33-31-29-27-12-10-8-6-4-2/h40-41H,3-39,45H2,1-2H3,(H,48,49)(H,50,51)/t40-,41-/m0/s1. The number of carbonyl (C=O) groups is 3. The molecular formula is C44H86NO10P. The molecule has 0 saturated heterocycles. The number of rotatable bonds is 44. The molecule has 4 N–H and O–H groups in total. The van der Waals surface area contributed by atoms with Gasteiger partial charge >= 0.3 is 25.7 Å². The van der Waals surface area contributed by atoms with Crippen molar-refractivity contribution in [1.29, 1.82) is 0 Å². The van der Waals surface area contributed by atoms with E-state index in [1.165, 1.54) is 154 Å². The van der Waals surface area contributed by atoms with Crippen molar-refractivity contribution in [2.45, 2.75) is 244 Å². The second-order valence-corrected chi connectivity index (χ2v) is 17.4. The van der Waals surface area contributed by atoms with Crippen LogP contribution in [0.5, 0.6) is 0 Å². The molecule has 0 bridgehead atoms. The number of nitrogens with two attached hydrogens (primary N) is 1. The van der Waals surface area contributed by atoms with E-state index in [2.05, 4.69) is 18.4 Å². The van der Waals surface area contributed by atoms with Crippen molar-refractivity contribution in [3.05, 3.63) is 0 Å². The van der Waals surface area contributed by atoms with E-state index in [4.69, 9.17) is 24.8 Å². The van der Waals surface area contributed by atoms with Gasteiger partial charge in [-0.05, 0) is 12.8 Å². The smallest absolute Gasteiger partial charge is 0.472 e. The zero-order chi connectivity index (χ0) is 41.4. The molecule has 0 aliphatic rings. The highest BCUT2D eigenvalue weighted by Crippen LogP contribution is 2.43. The zero-order valence-electron chi connectivity index (χ0n) is 36.0. The fourth-order valence-corrected chi connectivity index (χ4v) is 7.49. The van der Waals surface area contributed by atoms with Gasteiger partial charge in [-0.1, -0.05) is 206 Å². The van der Waals surface area contributed by atoms with Gasteiger partial charge in [0.05, 0.1) is 13.2 Å². The van der Waals surface area contributed by atoms with Crippen LogP contribution in [0, 0.1) is 0 Å². The monoisotopic (exact) mass is 820 g/mol. The van der Waals surface area contributed by atoms with Crippen LogP contribution in [-0.2, 0) is 37.5 Å². The Balaban J connectivity index is 4.13. The van der Waals surface area contributed by atoms with Crippen molar-refractivity contribution in [3.63, 3.8) is 0 Å². The number of carboxylic acid groups (broad SMARTS) is 1. The molecule has 11 nitrogen and oxygen atoms in total. The maximum Gasteiger partial charge on any atom is 0.472 e. The van der Waals surface area contributed by atoms with Crippen molar-refractivity contribution in [1.82, 2.24) is 0 Å². The molecule has 0 spiro atoms. The minimum Gasteiger partial charge on any atom is -0.480 e. The van der Waals surface area contributed by atoms with E-state index >= 15 is 0 Å². The molecule has 0 aromatic heterocycles. The number of carboxylic acids is 1. The first kappa shape index (κ1) is 54.5. The minimum absolute atomic E-state index is 0.169. The summed E-state index contributed by atoms with van der Waals surface area (Å²) in [5.41, 5.74) is 5.33. The van der Waals surface area contributed by atoms with Crippen LogP contribution in [0.25, 0.3) is 0 Å². The van der Waals surface area contributed by atoms with Gasteiger partial charge in [0.25, 0.3) is 0 Å². The van der Waals surface area contributed by atoms with Gasteiger partial charge in [-0.25, -0.2) is 4.57 Å². The number of esters is 2. The largest absolute Gasteiger partial charge is 0.480 e. The molecule has 0 radical (unpaired) electrons. The maximum absolute atomic E-state index is 12.6. The number of hydrogen-bond acceptors (Lipinski definition) is 9. The van der Waals surface area contributed by atoms with Crippen LogP contribution < -0.4 is 5.73 Å². The number of unbranched alkanes of at least 4 members (excludes halogenated alkanes) is 30. The van der Waals surface area contributed by atoms with Crippen LogP contribution in [0.2, 0.25) is 0 Å². The fourth-order valence-electron chi connectivity index (χ4n) is 6.71. The lowest BCUT2D eigenvalue weighted by Gasteiger charge is -2.20. The van der Waals surface area contributed by atoms with Crippen LogP contribution in [0.3, 0.4) is 0 Å². The number of aliphatic carboxylic acids is 1. The summed E-state index contributed by atoms with van der Waals surface area (Å²) in [5, 5.41) is 8.88. The molecule has 0 aromatic carbocycles. The predicted molar refractivity (Wildman–Crippen MR) is 227 cm³/mol. The fraction of sp³-hybridized carbons (Fsp3) is 0.932. The van der Waals surface area contributed by atoms with Crippen LogP contribution in [-0.4, -0.2) is 59.9 Å². The molecule has 332 valence electrons. The van der Waals surface area contributed by atoms with Gasteiger partial charge in [-0.15, -0.1) is 0 Å². The van der Waals surface area contributed by atoms with Gasteiger partial charge in [0.15, 0.2) is 6.10 Å². The van der Waals surface area contributed by atoms with Gasteiger partial charge in [0.1, 0.15) is 12.6 Å². The third-order valence-corrected chi connectivity index (χ3v) is 11.3. The summed E-state index contributed by atoms with van der Waals surface area (Å²) >= 11 is 0. The van der Waals surface area contributed by atoms with Gasteiger partial charge < -0.3 is 25.2 Å². The molecule has 0 heterocycles. The lowest BCUT2D eigenvalue weighted by Crippen LogP contribution is -2.34. The van der Waals surface area contributed by atoms with Crippen molar-refractivity contribution >= 4 is 25.7 Å². The van der Waals surface area contributed by atoms with Gasteiger partial charge in [0, 0.05) is 12.8 Å². The minimum atomic E-state index is -4.70. The topological polar surface area (TPSA) is 172 Å². The zero-order valence-corrected chi connectivity index (χ0v) is 36.9. The highest BCUT2D eigenvalue weighted by atomic mass is 31.2. The Hall–Kier alpha value is -1.52. The molecule has 0 saturated carbocycles. The Bertz CT molecular complexity index is 968. The number of ether oxygens (including phenoxy) is 2. The Morgan fingerprint density at radius 2 is 0.786 bits per heavy atom. The second-order valence-electron chi connectivity index (χ2n) is 15.9. The summed E-state index contributed by atoms with van der Waals surface area (Å²) in [6, 6.07) is -1.52. The predicted octanol–water partition coefficient (Wildman–Crippen LogP) is 12.3. The molecular weight excluding hydrogens is 733 g/mol. The number of phosphoric ester groups is 1. The summed E-state index contributed by atoms with van der Waals surface area (Å²) in [6.07, 6.45) is 39.0. The highest BCUT2D eigenvalue weighted by Gasteiger charge is 2.28. The van der Waals surface area contributed by atoms with Crippen molar-refractivity contribution in [3.8, 4) is 0 Å². The SMILES string of the molecule is CCCCCCCCCCCCCCCCCCCCCCCCCC(=O)O[C@@H](COC(=O)CCCCCCCCCCC)COP(=O)(O)OC[C@H](N)C(=O)O. The lowest BCUT2D eigenvalue weighted by atomic mass is 10.0. The first-order valence-corrected chi connectivity index (χ1v) is 24.6. The molecule has 3 atom stereocenters. The van der Waals surface area contributed by atoms with E-state index in [1.807, 2.05) is 0 Å². The molecule has 0 fully saturated rings. The third-order valence-electron chi connectivity index (χ3n) is 10.4. The van der Waals surface area contributed by atoms with Gasteiger partial charge in [0.2, 0.25) is 0 Å². The summed E-state index contributed by atoms with van der Waals surface area (Å²) in [5.74, 6) is -2.36. The van der Waals surface area contributed by atoms with E-state index in [-0.39, 0.29) is 19.4 Å². The number of phosphoric acid groups is 1. The molecule has 56 heavy (non-hydrogen) atoms. The average Bonchev–Trinajstić information content (AvgIpc) is 3.17. The van der Waals surface area contributed by atoms with E-state index in [0.717, 1.165) is 38.5 Å². The Morgan fingerprint density at radius 1 is 0.482 bits per heavy atom. The molecule has 0 aliphatic carbocycles. The summed E-state index contributed by atoms with van der Waals surface area (Å²) in [7, 11) is -4.70. The number of hydrogen-bond donors (Lipinski definition) is 3. The van der Waals surface area contributed by atoms with Crippen molar-refractivity contribution < 1.29 is 47.5 Å². The third kappa shape index (κ3) is 39.3. The summed E-state index contributed by atoms with van der Waals surface area (Å²) < 4.78 is 32.7. The molecule has 0 rings (SSSR count). The van der Waals surface area contributed by atoms with Crippen molar-refractivity contribution in [2.75, 3.05) is 19.8 Å². The van der Waals surface area contributed by atoms with Gasteiger partial charge in [-0.2, -0.15) is 0 Å². The van der Waals surface area contributed by atoms with E-state index in [9.17, 15) is 23.8 Å². The summed E-state index contributed by atoms with van der Waals surface area (Å²) in [6.45, 7) is 2.81. The Morgan fingerprint density at radius 3 is 1.12 bits per heavy atom. The first-order chi connectivity index (χ1) is 27.1. The van der Waals surface area contributed by atoms with E-state index in [1.54, 1.807) is 0 Å². The normalized spacial score (nSPS) is 13.6. The molecule has 0 aliphatic heterocycles.